The molecule has 0 radical (unpaired) electrons. The minimum Gasteiger partial charge on any atom is -0.481 e. The molecule has 0 spiro atoms. The van der Waals surface area contributed by atoms with E-state index in [0.717, 1.165) is 12.8 Å². The van der Waals surface area contributed by atoms with Gasteiger partial charge in [0.25, 0.3) is 0 Å². The van der Waals surface area contributed by atoms with Crippen LogP contribution in [0.5, 0.6) is 0 Å². The lowest BCUT2D eigenvalue weighted by Gasteiger charge is -2.27. The number of carbonyl (C=O) groups excluding carboxylic acids is 1. The van der Waals surface area contributed by atoms with Crippen LogP contribution < -0.4 is 5.32 Å². The van der Waals surface area contributed by atoms with Crippen molar-refractivity contribution in [2.75, 3.05) is 0 Å². The Hall–Kier alpha value is -1.32. The average molecular weight is 225 g/mol. The third-order valence-electron chi connectivity index (χ3n) is 3.36. The van der Waals surface area contributed by atoms with Gasteiger partial charge in [-0.3, -0.25) is 9.59 Å². The van der Waals surface area contributed by atoms with Crippen LogP contribution in [0.15, 0.2) is 12.7 Å². The summed E-state index contributed by atoms with van der Waals surface area (Å²) in [6, 6.07) is -0.234. The van der Waals surface area contributed by atoms with E-state index in [4.69, 9.17) is 5.11 Å². The van der Waals surface area contributed by atoms with Crippen LogP contribution in [0, 0.1) is 5.41 Å². The highest BCUT2D eigenvalue weighted by Gasteiger charge is 2.45. The summed E-state index contributed by atoms with van der Waals surface area (Å²) in [6.07, 6.45) is 4.94. The van der Waals surface area contributed by atoms with Crippen LogP contribution >= 0.6 is 0 Å². The number of nitrogens with one attached hydrogen (secondary N) is 1. The predicted molar refractivity (Wildman–Crippen MR) is 61.0 cm³/mol. The molecule has 1 aliphatic carbocycles. The Labute approximate surface area is 95.7 Å². The maximum Gasteiger partial charge on any atom is 0.311 e. The normalized spacial score (nSPS) is 28.7. The molecule has 0 aliphatic heterocycles. The van der Waals surface area contributed by atoms with E-state index in [1.807, 2.05) is 0 Å². The molecule has 0 heterocycles. The molecule has 1 saturated carbocycles. The molecule has 0 aromatic heterocycles. The van der Waals surface area contributed by atoms with Gasteiger partial charge >= 0.3 is 5.97 Å². The molecular weight excluding hydrogens is 206 g/mol. The first-order valence-electron chi connectivity index (χ1n) is 5.64. The molecule has 1 fully saturated rings. The minimum absolute atomic E-state index is 0.0840. The van der Waals surface area contributed by atoms with Crippen LogP contribution in [-0.4, -0.2) is 23.0 Å². The molecule has 2 atom stereocenters. The van der Waals surface area contributed by atoms with Crippen LogP contribution in [0.25, 0.3) is 0 Å². The molecule has 4 nitrogen and oxygen atoms in total. The lowest BCUT2D eigenvalue weighted by molar-refractivity contribution is -0.149. The van der Waals surface area contributed by atoms with E-state index in [0.29, 0.717) is 19.3 Å². The van der Waals surface area contributed by atoms with Crippen LogP contribution in [0.3, 0.4) is 0 Å². The highest BCUT2D eigenvalue weighted by molar-refractivity contribution is 5.80. The number of amides is 1. The number of aliphatic carboxylic acids is 1. The van der Waals surface area contributed by atoms with Crippen molar-refractivity contribution < 1.29 is 14.7 Å². The van der Waals surface area contributed by atoms with Crippen LogP contribution in [0.4, 0.5) is 0 Å². The molecule has 4 heteroatoms. The van der Waals surface area contributed by atoms with E-state index in [9.17, 15) is 9.59 Å². The number of rotatable bonds is 5. The van der Waals surface area contributed by atoms with Crippen molar-refractivity contribution in [1.29, 1.82) is 0 Å². The Balaban J connectivity index is 2.56. The Morgan fingerprint density at radius 1 is 1.62 bits per heavy atom. The maximum atomic E-state index is 11.5. The summed E-state index contributed by atoms with van der Waals surface area (Å²) in [5.41, 5.74) is -0.802. The lowest BCUT2D eigenvalue weighted by atomic mass is 9.85. The molecule has 16 heavy (non-hydrogen) atoms. The summed E-state index contributed by atoms with van der Waals surface area (Å²) in [5, 5.41) is 12.0. The standard InChI is InChI=1S/C12H19NO3/c1-3-4-7-10(14)13-9-6-5-8-12(9,2)11(15)16/h3,9H,1,4-8H2,2H3,(H,13,14)(H,15,16). The second-order valence-electron chi connectivity index (χ2n) is 4.56. The first-order valence-corrected chi connectivity index (χ1v) is 5.64. The number of hydrogen-bond donors (Lipinski definition) is 2. The highest BCUT2D eigenvalue weighted by atomic mass is 16.4. The zero-order chi connectivity index (χ0) is 12.2. The first-order chi connectivity index (χ1) is 7.50. The summed E-state index contributed by atoms with van der Waals surface area (Å²) < 4.78 is 0. The smallest absolute Gasteiger partial charge is 0.311 e. The number of hydrogen-bond acceptors (Lipinski definition) is 2. The van der Waals surface area contributed by atoms with Gasteiger partial charge in [0.1, 0.15) is 0 Å². The molecule has 0 bridgehead atoms. The number of allylic oxidation sites excluding steroid dienone is 1. The molecule has 90 valence electrons. The van der Waals surface area contributed by atoms with E-state index in [2.05, 4.69) is 11.9 Å². The molecule has 0 saturated heterocycles. The van der Waals surface area contributed by atoms with Gasteiger partial charge in [0.15, 0.2) is 0 Å². The highest BCUT2D eigenvalue weighted by Crippen LogP contribution is 2.38. The number of carboxylic acid groups (broad SMARTS) is 1. The Morgan fingerprint density at radius 2 is 2.31 bits per heavy atom. The lowest BCUT2D eigenvalue weighted by Crippen LogP contribution is -2.46. The molecule has 1 rings (SSSR count). The first kappa shape index (κ1) is 12.7. The quantitative estimate of drug-likeness (QED) is 0.700. The fourth-order valence-electron chi connectivity index (χ4n) is 2.15. The van der Waals surface area contributed by atoms with Crippen LogP contribution in [0.2, 0.25) is 0 Å². The summed E-state index contributed by atoms with van der Waals surface area (Å²) in [4.78, 5) is 22.7. The van der Waals surface area contributed by atoms with Gasteiger partial charge in [-0.05, 0) is 26.2 Å². The summed E-state index contributed by atoms with van der Waals surface area (Å²) >= 11 is 0. The fourth-order valence-corrected chi connectivity index (χ4v) is 2.15. The van der Waals surface area contributed by atoms with E-state index in [-0.39, 0.29) is 11.9 Å². The SMILES string of the molecule is C=CCCC(=O)NC1CCCC1(C)C(=O)O. The van der Waals surface area contributed by atoms with Crippen LogP contribution in [-0.2, 0) is 9.59 Å². The third kappa shape index (κ3) is 2.62. The summed E-state index contributed by atoms with van der Waals surface area (Å²) in [6.45, 7) is 5.26. The van der Waals surface area contributed by atoms with Crippen molar-refractivity contribution in [3.63, 3.8) is 0 Å². The van der Waals surface area contributed by atoms with Crippen LogP contribution in [0.1, 0.15) is 39.0 Å². The molecular formula is C12H19NO3. The van der Waals surface area contributed by atoms with E-state index in [1.54, 1.807) is 13.0 Å². The zero-order valence-electron chi connectivity index (χ0n) is 9.66. The third-order valence-corrected chi connectivity index (χ3v) is 3.36. The van der Waals surface area contributed by atoms with Gasteiger partial charge in [-0.2, -0.15) is 0 Å². The molecule has 0 aromatic carbocycles. The van der Waals surface area contributed by atoms with Gasteiger partial charge < -0.3 is 10.4 Å². The topological polar surface area (TPSA) is 66.4 Å². The molecule has 1 amide bonds. The van der Waals surface area contributed by atoms with Gasteiger partial charge in [-0.1, -0.05) is 12.5 Å². The minimum atomic E-state index is -0.820. The monoisotopic (exact) mass is 225 g/mol. The maximum absolute atomic E-state index is 11.5. The number of carboxylic acids is 1. The predicted octanol–water partition coefficient (Wildman–Crippen LogP) is 1.71. The van der Waals surface area contributed by atoms with Gasteiger partial charge in [-0.25, -0.2) is 0 Å². The van der Waals surface area contributed by atoms with E-state index < -0.39 is 11.4 Å². The number of carbonyl (C=O) groups is 2. The molecule has 2 N–H and O–H groups in total. The largest absolute Gasteiger partial charge is 0.481 e. The van der Waals surface area contributed by atoms with Crippen molar-refractivity contribution in [2.45, 2.75) is 45.1 Å². The molecule has 2 unspecified atom stereocenters. The van der Waals surface area contributed by atoms with Gasteiger partial charge in [-0.15, -0.1) is 6.58 Å². The van der Waals surface area contributed by atoms with Gasteiger partial charge in [0.05, 0.1) is 5.41 Å². The van der Waals surface area contributed by atoms with Crippen molar-refractivity contribution in [3.05, 3.63) is 12.7 Å². The van der Waals surface area contributed by atoms with Gasteiger partial charge in [0, 0.05) is 12.5 Å². The van der Waals surface area contributed by atoms with Crippen molar-refractivity contribution in [2.24, 2.45) is 5.41 Å². The second kappa shape index (κ2) is 5.14. The zero-order valence-corrected chi connectivity index (χ0v) is 9.66. The fraction of sp³-hybridized carbons (Fsp3) is 0.667. The Kier molecular flexibility index (Phi) is 4.10. The Bertz CT molecular complexity index is 301. The van der Waals surface area contributed by atoms with E-state index >= 15 is 0 Å². The summed E-state index contributed by atoms with van der Waals surface area (Å²) in [7, 11) is 0. The van der Waals surface area contributed by atoms with Crippen molar-refractivity contribution in [3.8, 4) is 0 Å². The van der Waals surface area contributed by atoms with Crippen molar-refractivity contribution in [1.82, 2.24) is 5.32 Å². The Morgan fingerprint density at radius 3 is 2.88 bits per heavy atom. The summed E-state index contributed by atoms with van der Waals surface area (Å²) in [5.74, 6) is -0.904. The molecule has 0 aromatic rings. The van der Waals surface area contributed by atoms with Crippen molar-refractivity contribution >= 4 is 11.9 Å². The average Bonchev–Trinajstić information content (AvgIpc) is 2.59. The second-order valence-corrected chi connectivity index (χ2v) is 4.56. The van der Waals surface area contributed by atoms with E-state index in [1.165, 1.54) is 0 Å². The van der Waals surface area contributed by atoms with Gasteiger partial charge in [0.2, 0.25) is 5.91 Å². The molecule has 1 aliphatic rings.